The smallest absolute Gasteiger partial charge is 0.259 e. The molecule has 0 atom stereocenters. The van der Waals surface area contributed by atoms with Gasteiger partial charge in [-0.25, -0.2) is 4.68 Å². The van der Waals surface area contributed by atoms with E-state index in [0.717, 1.165) is 35.3 Å². The Kier molecular flexibility index (Phi) is 5.45. The van der Waals surface area contributed by atoms with Gasteiger partial charge in [-0.15, -0.1) is 0 Å². The second-order valence-electron chi connectivity index (χ2n) is 7.98. The standard InChI is InChI=1S/C25H24ClN5O/c1-19-4-8-22(9-5-19)31-24(29-12-2-3-13-29)23(18-27-31)25(32)30-16-14-28(15-17-30)21-10-6-20(26)7-11-21/h2-13,18H,14-17H2,1H3. The van der Waals surface area contributed by atoms with E-state index in [4.69, 9.17) is 11.6 Å². The lowest BCUT2D eigenvalue weighted by molar-refractivity contribution is 0.0747. The molecule has 0 bridgehead atoms. The molecule has 0 spiro atoms. The quantitative estimate of drug-likeness (QED) is 0.461. The molecule has 3 heterocycles. The van der Waals surface area contributed by atoms with Gasteiger partial charge in [-0.2, -0.15) is 5.10 Å². The fraction of sp³-hybridized carbons (Fsp3) is 0.200. The zero-order valence-corrected chi connectivity index (χ0v) is 18.6. The molecule has 1 aliphatic rings. The third-order valence-corrected chi connectivity index (χ3v) is 6.11. The fourth-order valence-electron chi connectivity index (χ4n) is 4.08. The lowest BCUT2D eigenvalue weighted by Crippen LogP contribution is -2.48. The SMILES string of the molecule is Cc1ccc(-n2ncc(C(=O)N3CCN(c4ccc(Cl)cc4)CC3)c2-n2cccc2)cc1. The van der Waals surface area contributed by atoms with E-state index in [1.165, 1.54) is 5.56 Å². The Hall–Kier alpha value is -3.51. The summed E-state index contributed by atoms with van der Waals surface area (Å²) in [5, 5.41) is 5.31. The second-order valence-corrected chi connectivity index (χ2v) is 8.41. The number of piperazine rings is 1. The molecule has 7 heteroatoms. The van der Waals surface area contributed by atoms with Crippen LogP contribution in [0.5, 0.6) is 0 Å². The normalized spacial score (nSPS) is 14.1. The summed E-state index contributed by atoms with van der Waals surface area (Å²) in [6.45, 7) is 4.92. The molecule has 0 unspecified atom stereocenters. The van der Waals surface area contributed by atoms with E-state index in [1.807, 2.05) is 87.2 Å². The molecular weight excluding hydrogens is 422 g/mol. The van der Waals surface area contributed by atoms with Gasteiger partial charge in [0, 0.05) is 49.3 Å². The maximum Gasteiger partial charge on any atom is 0.259 e. The second kappa shape index (κ2) is 8.55. The summed E-state index contributed by atoms with van der Waals surface area (Å²) in [6, 6.07) is 19.9. The summed E-state index contributed by atoms with van der Waals surface area (Å²) in [4.78, 5) is 17.7. The number of amides is 1. The van der Waals surface area contributed by atoms with E-state index in [-0.39, 0.29) is 5.91 Å². The molecule has 0 saturated carbocycles. The van der Waals surface area contributed by atoms with Gasteiger partial charge in [0.1, 0.15) is 5.56 Å². The predicted molar refractivity (Wildman–Crippen MR) is 127 cm³/mol. The third kappa shape index (κ3) is 3.89. The van der Waals surface area contributed by atoms with Crippen LogP contribution in [0.2, 0.25) is 5.02 Å². The van der Waals surface area contributed by atoms with Crippen LogP contribution < -0.4 is 4.90 Å². The van der Waals surface area contributed by atoms with E-state index >= 15 is 0 Å². The summed E-state index contributed by atoms with van der Waals surface area (Å²) in [7, 11) is 0. The first kappa shape index (κ1) is 20.4. The van der Waals surface area contributed by atoms with Crippen molar-refractivity contribution in [2.75, 3.05) is 31.1 Å². The van der Waals surface area contributed by atoms with E-state index in [0.29, 0.717) is 18.7 Å². The third-order valence-electron chi connectivity index (χ3n) is 5.86. The minimum atomic E-state index is 0.00261. The van der Waals surface area contributed by atoms with Crippen LogP contribution in [0.1, 0.15) is 15.9 Å². The molecule has 0 N–H and O–H groups in total. The maximum atomic E-state index is 13.5. The molecule has 1 amide bonds. The van der Waals surface area contributed by atoms with Gasteiger partial charge < -0.3 is 14.4 Å². The van der Waals surface area contributed by atoms with Gasteiger partial charge in [-0.1, -0.05) is 29.3 Å². The fourth-order valence-corrected chi connectivity index (χ4v) is 4.21. The molecule has 1 saturated heterocycles. The summed E-state index contributed by atoms with van der Waals surface area (Å²) < 4.78 is 3.78. The maximum absolute atomic E-state index is 13.5. The first-order valence-corrected chi connectivity index (χ1v) is 11.1. The largest absolute Gasteiger partial charge is 0.368 e. The highest BCUT2D eigenvalue weighted by Crippen LogP contribution is 2.24. The number of carbonyl (C=O) groups excluding carboxylic acids is 1. The van der Waals surface area contributed by atoms with Crippen LogP contribution in [-0.2, 0) is 0 Å². The number of aromatic nitrogens is 3. The lowest BCUT2D eigenvalue weighted by atomic mass is 10.2. The van der Waals surface area contributed by atoms with Crippen molar-refractivity contribution in [2.24, 2.45) is 0 Å². The highest BCUT2D eigenvalue weighted by molar-refractivity contribution is 6.30. The van der Waals surface area contributed by atoms with Crippen LogP contribution >= 0.6 is 11.6 Å². The molecule has 6 nitrogen and oxygen atoms in total. The minimum absolute atomic E-state index is 0.00261. The van der Waals surface area contributed by atoms with Gasteiger partial charge in [0.2, 0.25) is 0 Å². The minimum Gasteiger partial charge on any atom is -0.368 e. The molecule has 32 heavy (non-hydrogen) atoms. The highest BCUT2D eigenvalue weighted by Gasteiger charge is 2.27. The topological polar surface area (TPSA) is 46.3 Å². The number of carbonyl (C=O) groups is 1. The van der Waals surface area contributed by atoms with E-state index in [1.54, 1.807) is 6.20 Å². The molecular formula is C25H24ClN5O. The zero-order chi connectivity index (χ0) is 22.1. The summed E-state index contributed by atoms with van der Waals surface area (Å²) in [5.74, 6) is 0.756. The van der Waals surface area contributed by atoms with Gasteiger partial charge >= 0.3 is 0 Å². The first-order valence-electron chi connectivity index (χ1n) is 10.7. The molecule has 0 aliphatic carbocycles. The van der Waals surface area contributed by atoms with Gasteiger partial charge in [0.25, 0.3) is 5.91 Å². The van der Waals surface area contributed by atoms with Crippen LogP contribution in [0, 0.1) is 6.92 Å². The Bertz CT molecular complexity index is 1200. The van der Waals surface area contributed by atoms with Crippen molar-refractivity contribution in [2.45, 2.75) is 6.92 Å². The van der Waals surface area contributed by atoms with Crippen molar-refractivity contribution in [1.82, 2.24) is 19.2 Å². The average Bonchev–Trinajstić information content (AvgIpc) is 3.50. The molecule has 4 aromatic rings. The van der Waals surface area contributed by atoms with Crippen molar-refractivity contribution < 1.29 is 4.79 Å². The van der Waals surface area contributed by atoms with Crippen LogP contribution in [0.25, 0.3) is 11.5 Å². The Morgan fingerprint density at radius 1 is 0.875 bits per heavy atom. The average molecular weight is 446 g/mol. The van der Waals surface area contributed by atoms with Crippen molar-refractivity contribution in [3.05, 3.63) is 95.4 Å². The number of aryl methyl sites for hydroxylation is 1. The monoisotopic (exact) mass is 445 g/mol. The Labute approximate surface area is 192 Å². The van der Waals surface area contributed by atoms with Gasteiger partial charge in [-0.3, -0.25) is 4.79 Å². The lowest BCUT2D eigenvalue weighted by Gasteiger charge is -2.36. The number of rotatable bonds is 4. The molecule has 162 valence electrons. The molecule has 2 aromatic heterocycles. The Morgan fingerprint density at radius 3 is 2.16 bits per heavy atom. The van der Waals surface area contributed by atoms with Crippen LogP contribution in [0.15, 0.2) is 79.3 Å². The van der Waals surface area contributed by atoms with E-state index < -0.39 is 0 Å². The highest BCUT2D eigenvalue weighted by atomic mass is 35.5. The van der Waals surface area contributed by atoms with Crippen molar-refractivity contribution >= 4 is 23.2 Å². The summed E-state index contributed by atoms with van der Waals surface area (Å²) >= 11 is 6.01. The molecule has 1 fully saturated rings. The predicted octanol–water partition coefficient (Wildman–Crippen LogP) is 4.59. The summed E-state index contributed by atoms with van der Waals surface area (Å²) in [6.07, 6.45) is 5.57. The number of anilines is 1. The molecule has 5 rings (SSSR count). The van der Waals surface area contributed by atoms with Crippen molar-refractivity contribution in [1.29, 1.82) is 0 Å². The van der Waals surface area contributed by atoms with Crippen LogP contribution in [0.4, 0.5) is 5.69 Å². The van der Waals surface area contributed by atoms with Gasteiger partial charge in [0.15, 0.2) is 5.82 Å². The van der Waals surface area contributed by atoms with Crippen LogP contribution in [0.3, 0.4) is 0 Å². The Balaban J connectivity index is 1.40. The molecule has 1 aliphatic heterocycles. The number of hydrogen-bond donors (Lipinski definition) is 0. The van der Waals surface area contributed by atoms with E-state index in [2.05, 4.69) is 16.9 Å². The van der Waals surface area contributed by atoms with Crippen LogP contribution in [-0.4, -0.2) is 51.3 Å². The number of benzene rings is 2. The Morgan fingerprint density at radius 2 is 1.50 bits per heavy atom. The van der Waals surface area contributed by atoms with Crippen molar-refractivity contribution in [3.63, 3.8) is 0 Å². The summed E-state index contributed by atoms with van der Waals surface area (Å²) in [5.41, 5.74) is 3.83. The van der Waals surface area contributed by atoms with Gasteiger partial charge in [0.05, 0.1) is 11.9 Å². The van der Waals surface area contributed by atoms with Gasteiger partial charge in [-0.05, 0) is 55.5 Å². The molecule has 2 aromatic carbocycles. The number of hydrogen-bond acceptors (Lipinski definition) is 3. The first-order chi connectivity index (χ1) is 15.6. The zero-order valence-electron chi connectivity index (χ0n) is 17.9. The molecule has 0 radical (unpaired) electrons. The van der Waals surface area contributed by atoms with Crippen molar-refractivity contribution in [3.8, 4) is 11.5 Å². The number of nitrogens with zero attached hydrogens (tertiary/aromatic N) is 5. The number of halogens is 1. The van der Waals surface area contributed by atoms with E-state index in [9.17, 15) is 4.79 Å².